The number of carbonyl (C=O) groups is 1. The zero-order chi connectivity index (χ0) is 14.9. The van der Waals surface area contributed by atoms with Gasteiger partial charge in [-0.2, -0.15) is 0 Å². The molecule has 2 aromatic heterocycles. The smallest absolute Gasteiger partial charge is 0.240 e. The summed E-state index contributed by atoms with van der Waals surface area (Å²) in [6.07, 6.45) is 0. The fourth-order valence-corrected chi connectivity index (χ4v) is 2.25. The van der Waals surface area contributed by atoms with Crippen LogP contribution in [0.25, 0.3) is 11.2 Å². The highest BCUT2D eigenvalue weighted by molar-refractivity contribution is 6.20. The molecule has 0 saturated carbocycles. The topological polar surface area (TPSA) is 59.8 Å². The standard InChI is InChI=1S/C14H19ClN4O/c1-8(2)16-12(20)7-19-13(10(4)15)18-11-6-5-9(3)17-14(11)19/h5-6,8,10H,7H2,1-4H3,(H,16,20). The molecule has 1 N–H and O–H groups in total. The van der Waals surface area contributed by atoms with Crippen LogP contribution >= 0.6 is 11.6 Å². The molecule has 20 heavy (non-hydrogen) atoms. The van der Waals surface area contributed by atoms with E-state index in [0.717, 1.165) is 11.2 Å². The van der Waals surface area contributed by atoms with Gasteiger partial charge in [-0.15, -0.1) is 11.6 Å². The monoisotopic (exact) mass is 294 g/mol. The molecule has 0 bridgehead atoms. The molecule has 0 saturated heterocycles. The average Bonchev–Trinajstić information content (AvgIpc) is 2.67. The maximum atomic E-state index is 12.0. The molecule has 1 unspecified atom stereocenters. The van der Waals surface area contributed by atoms with Crippen molar-refractivity contribution in [3.63, 3.8) is 0 Å². The van der Waals surface area contributed by atoms with E-state index >= 15 is 0 Å². The first-order valence-electron chi connectivity index (χ1n) is 6.65. The second-order valence-corrected chi connectivity index (χ2v) is 5.84. The molecule has 1 atom stereocenters. The van der Waals surface area contributed by atoms with E-state index in [1.807, 2.05) is 39.8 Å². The molecule has 2 aromatic rings. The normalized spacial score (nSPS) is 12.9. The highest BCUT2D eigenvalue weighted by atomic mass is 35.5. The largest absolute Gasteiger partial charge is 0.352 e. The second-order valence-electron chi connectivity index (χ2n) is 5.19. The summed E-state index contributed by atoms with van der Waals surface area (Å²) in [5.41, 5.74) is 2.35. The second kappa shape index (κ2) is 5.79. The minimum absolute atomic E-state index is 0.0684. The van der Waals surface area contributed by atoms with E-state index < -0.39 is 0 Å². The number of aromatic nitrogens is 3. The Morgan fingerprint density at radius 1 is 1.35 bits per heavy atom. The summed E-state index contributed by atoms with van der Waals surface area (Å²) in [5, 5.41) is 2.59. The van der Waals surface area contributed by atoms with Gasteiger partial charge in [0.15, 0.2) is 5.65 Å². The summed E-state index contributed by atoms with van der Waals surface area (Å²) in [7, 11) is 0. The molecule has 2 heterocycles. The highest BCUT2D eigenvalue weighted by Gasteiger charge is 2.18. The Morgan fingerprint density at radius 2 is 2.05 bits per heavy atom. The Hall–Kier alpha value is -1.62. The van der Waals surface area contributed by atoms with Crippen molar-refractivity contribution in [3.05, 3.63) is 23.7 Å². The number of alkyl halides is 1. The molecule has 0 aliphatic carbocycles. The molecule has 5 nitrogen and oxygen atoms in total. The number of aryl methyl sites for hydroxylation is 1. The molecule has 0 radical (unpaired) electrons. The lowest BCUT2D eigenvalue weighted by molar-refractivity contribution is -0.122. The van der Waals surface area contributed by atoms with Crippen LogP contribution in [0.15, 0.2) is 12.1 Å². The molecule has 0 fully saturated rings. The van der Waals surface area contributed by atoms with Gasteiger partial charge in [0.2, 0.25) is 5.91 Å². The van der Waals surface area contributed by atoms with Crippen molar-refractivity contribution in [1.29, 1.82) is 0 Å². The summed E-state index contributed by atoms with van der Waals surface area (Å²) in [6.45, 7) is 7.79. The molecule has 6 heteroatoms. The number of fused-ring (bicyclic) bond motifs is 1. The minimum atomic E-state index is -0.281. The number of halogens is 1. The Bertz CT molecular complexity index is 633. The molecule has 108 valence electrons. The van der Waals surface area contributed by atoms with Gasteiger partial charge < -0.3 is 9.88 Å². The van der Waals surface area contributed by atoms with Crippen LogP contribution in [-0.2, 0) is 11.3 Å². The quantitative estimate of drug-likeness (QED) is 0.882. The third-order valence-corrected chi connectivity index (χ3v) is 3.06. The van der Waals surface area contributed by atoms with Crippen molar-refractivity contribution in [2.24, 2.45) is 0 Å². The number of nitrogens with one attached hydrogen (secondary N) is 1. The summed E-state index contributed by atoms with van der Waals surface area (Å²) in [4.78, 5) is 20.9. The van der Waals surface area contributed by atoms with E-state index in [4.69, 9.17) is 11.6 Å². The van der Waals surface area contributed by atoms with Crippen molar-refractivity contribution in [2.75, 3.05) is 0 Å². The van der Waals surface area contributed by atoms with Crippen molar-refractivity contribution >= 4 is 28.7 Å². The predicted molar refractivity (Wildman–Crippen MR) is 79.8 cm³/mol. The van der Waals surface area contributed by atoms with Crippen LogP contribution in [0.1, 0.15) is 37.7 Å². The highest BCUT2D eigenvalue weighted by Crippen LogP contribution is 2.23. The first-order chi connectivity index (χ1) is 9.38. The number of pyridine rings is 1. The summed E-state index contributed by atoms with van der Waals surface area (Å²) in [6, 6.07) is 3.90. The van der Waals surface area contributed by atoms with E-state index in [1.165, 1.54) is 0 Å². The molecule has 0 aromatic carbocycles. The number of amides is 1. The van der Waals surface area contributed by atoms with Gasteiger partial charge in [0.25, 0.3) is 0 Å². The number of rotatable bonds is 4. The van der Waals surface area contributed by atoms with Crippen molar-refractivity contribution in [2.45, 2.75) is 45.7 Å². The minimum Gasteiger partial charge on any atom is -0.352 e. The Kier molecular flexibility index (Phi) is 4.28. The third-order valence-electron chi connectivity index (χ3n) is 2.87. The molecule has 0 aliphatic heterocycles. The number of hydrogen-bond donors (Lipinski definition) is 1. The van der Waals surface area contributed by atoms with Gasteiger partial charge in [-0.05, 0) is 39.8 Å². The number of carbonyl (C=O) groups excluding carboxylic acids is 1. The fraction of sp³-hybridized carbons (Fsp3) is 0.500. The van der Waals surface area contributed by atoms with E-state index in [0.29, 0.717) is 11.5 Å². The number of nitrogens with zero attached hydrogens (tertiary/aromatic N) is 3. The number of imidazole rings is 1. The first kappa shape index (κ1) is 14.8. The number of hydrogen-bond acceptors (Lipinski definition) is 3. The summed E-state index contributed by atoms with van der Waals surface area (Å²) >= 11 is 6.17. The predicted octanol–water partition coefficient (Wildman–Crippen LogP) is 2.56. The van der Waals surface area contributed by atoms with Crippen molar-refractivity contribution < 1.29 is 4.79 Å². The molecule has 0 spiro atoms. The van der Waals surface area contributed by atoms with E-state index in [9.17, 15) is 4.79 Å². The fourth-order valence-electron chi connectivity index (χ4n) is 2.08. The Labute approximate surface area is 123 Å². The lowest BCUT2D eigenvalue weighted by atomic mass is 10.3. The van der Waals surface area contributed by atoms with Crippen LogP contribution in [0, 0.1) is 6.92 Å². The third kappa shape index (κ3) is 3.10. The van der Waals surface area contributed by atoms with Crippen LogP contribution in [0.4, 0.5) is 0 Å². The molecular weight excluding hydrogens is 276 g/mol. The maximum absolute atomic E-state index is 12.0. The van der Waals surface area contributed by atoms with E-state index in [1.54, 1.807) is 4.57 Å². The van der Waals surface area contributed by atoms with Gasteiger partial charge in [-0.3, -0.25) is 4.79 Å². The van der Waals surface area contributed by atoms with Gasteiger partial charge in [0, 0.05) is 11.7 Å². The summed E-state index contributed by atoms with van der Waals surface area (Å²) < 4.78 is 1.79. The molecular formula is C14H19ClN4O. The van der Waals surface area contributed by atoms with Gasteiger partial charge in [0.05, 0.1) is 5.38 Å². The van der Waals surface area contributed by atoms with Crippen LogP contribution in [0.5, 0.6) is 0 Å². The lowest BCUT2D eigenvalue weighted by Crippen LogP contribution is -2.33. The first-order valence-corrected chi connectivity index (χ1v) is 7.09. The van der Waals surface area contributed by atoms with Crippen molar-refractivity contribution in [1.82, 2.24) is 19.9 Å². The van der Waals surface area contributed by atoms with E-state index in [2.05, 4.69) is 15.3 Å². The SMILES string of the molecule is Cc1ccc2nc(C(C)Cl)n(CC(=O)NC(C)C)c2n1. The van der Waals surface area contributed by atoms with Crippen LogP contribution in [-0.4, -0.2) is 26.5 Å². The van der Waals surface area contributed by atoms with Gasteiger partial charge in [-0.25, -0.2) is 9.97 Å². The maximum Gasteiger partial charge on any atom is 0.240 e. The average molecular weight is 295 g/mol. The Balaban J connectivity index is 2.45. The van der Waals surface area contributed by atoms with Gasteiger partial charge >= 0.3 is 0 Å². The molecule has 0 aliphatic rings. The van der Waals surface area contributed by atoms with Gasteiger partial charge in [0.1, 0.15) is 17.9 Å². The zero-order valence-electron chi connectivity index (χ0n) is 12.1. The van der Waals surface area contributed by atoms with Crippen LogP contribution in [0.3, 0.4) is 0 Å². The lowest BCUT2D eigenvalue weighted by Gasteiger charge is -2.12. The Morgan fingerprint density at radius 3 is 2.65 bits per heavy atom. The van der Waals surface area contributed by atoms with Crippen molar-refractivity contribution in [3.8, 4) is 0 Å². The molecule has 1 amide bonds. The van der Waals surface area contributed by atoms with Crippen LogP contribution < -0.4 is 5.32 Å². The summed E-state index contributed by atoms with van der Waals surface area (Å²) in [5.74, 6) is 0.597. The molecule has 2 rings (SSSR count). The zero-order valence-corrected chi connectivity index (χ0v) is 12.9. The van der Waals surface area contributed by atoms with Crippen LogP contribution in [0.2, 0.25) is 0 Å². The van der Waals surface area contributed by atoms with Gasteiger partial charge in [-0.1, -0.05) is 0 Å². The van der Waals surface area contributed by atoms with E-state index in [-0.39, 0.29) is 23.9 Å².